The molecule has 0 fully saturated rings. The van der Waals surface area contributed by atoms with Gasteiger partial charge in [0.2, 0.25) is 0 Å². The van der Waals surface area contributed by atoms with Crippen LogP contribution in [0.2, 0.25) is 0 Å². The Hall–Kier alpha value is -0.730. The molecule has 0 rings (SSSR count). The summed E-state index contributed by atoms with van der Waals surface area (Å²) in [5.41, 5.74) is 0. The molecule has 0 aromatic carbocycles. The quantitative estimate of drug-likeness (QED) is 0.513. The fourth-order valence-corrected chi connectivity index (χ4v) is 2.00. The normalized spacial score (nSPS) is 13.8. The van der Waals surface area contributed by atoms with E-state index in [4.69, 9.17) is 0 Å². The largest absolute Gasteiger partial charge is 0.349 e. The number of nitrogens with zero attached hydrogens (tertiary/aromatic N) is 3. The average Bonchev–Trinajstić information content (AvgIpc) is 2.23. The summed E-state index contributed by atoms with van der Waals surface area (Å²) in [4.78, 5) is 8.96. The fraction of sp³-hybridized carbons (Fsp3) is 0.923. The smallest absolute Gasteiger partial charge is 0.196 e. The van der Waals surface area contributed by atoms with Gasteiger partial charge >= 0.3 is 0 Å². The Labute approximate surface area is 102 Å². The number of rotatable bonds is 6. The Bertz CT molecular complexity index is 199. The highest BCUT2D eigenvalue weighted by Crippen LogP contribution is 2.10. The Morgan fingerprint density at radius 1 is 1.19 bits per heavy atom. The molecule has 0 aliphatic rings. The molecule has 0 aromatic heterocycles. The van der Waals surface area contributed by atoms with Gasteiger partial charge in [0.1, 0.15) is 0 Å². The minimum absolute atomic E-state index is 0.581. The van der Waals surface area contributed by atoms with E-state index in [1.807, 2.05) is 7.05 Å². The molecule has 3 heteroatoms. The molecule has 0 aliphatic carbocycles. The monoisotopic (exact) mass is 227 g/mol. The van der Waals surface area contributed by atoms with E-state index in [0.29, 0.717) is 6.04 Å². The van der Waals surface area contributed by atoms with Crippen LogP contribution in [0.25, 0.3) is 0 Å². The number of aliphatic imine (C=N–C) groups is 1. The van der Waals surface area contributed by atoms with Crippen LogP contribution in [-0.4, -0.2) is 49.5 Å². The standard InChI is InChI=1S/C13H29N3/c1-7-9-11-16(12(3)10-8-2)13(14-4)15(5)6/h12H,7-11H2,1-6H3. The highest BCUT2D eigenvalue weighted by molar-refractivity contribution is 5.79. The lowest BCUT2D eigenvalue weighted by molar-refractivity contribution is 0.276. The zero-order valence-electron chi connectivity index (χ0n) is 12.0. The lowest BCUT2D eigenvalue weighted by Crippen LogP contribution is -2.46. The van der Waals surface area contributed by atoms with Crippen molar-refractivity contribution in [3.63, 3.8) is 0 Å². The van der Waals surface area contributed by atoms with Crippen molar-refractivity contribution in [3.05, 3.63) is 0 Å². The van der Waals surface area contributed by atoms with Crippen molar-refractivity contribution in [2.45, 2.75) is 52.5 Å². The molecule has 0 radical (unpaired) electrons. The first kappa shape index (κ1) is 15.3. The molecule has 0 spiro atoms. The molecule has 0 aromatic rings. The number of guanidine groups is 1. The van der Waals surface area contributed by atoms with Crippen LogP contribution in [0.5, 0.6) is 0 Å². The van der Waals surface area contributed by atoms with Crippen LogP contribution >= 0.6 is 0 Å². The van der Waals surface area contributed by atoms with E-state index in [1.165, 1.54) is 25.7 Å². The van der Waals surface area contributed by atoms with Crippen molar-refractivity contribution in [2.75, 3.05) is 27.7 Å². The second-order valence-corrected chi connectivity index (χ2v) is 4.60. The predicted molar refractivity (Wildman–Crippen MR) is 73.0 cm³/mol. The Morgan fingerprint density at radius 3 is 2.19 bits per heavy atom. The Balaban J connectivity index is 4.62. The van der Waals surface area contributed by atoms with Crippen LogP contribution < -0.4 is 0 Å². The second-order valence-electron chi connectivity index (χ2n) is 4.60. The number of hydrogen-bond acceptors (Lipinski definition) is 1. The van der Waals surface area contributed by atoms with Crippen LogP contribution in [-0.2, 0) is 0 Å². The summed E-state index contributed by atoms with van der Waals surface area (Å²) in [5.74, 6) is 1.11. The summed E-state index contributed by atoms with van der Waals surface area (Å²) in [6, 6.07) is 0.581. The molecule has 0 bridgehead atoms. The summed E-state index contributed by atoms with van der Waals surface area (Å²) in [6.45, 7) is 7.89. The van der Waals surface area contributed by atoms with Gasteiger partial charge in [-0.15, -0.1) is 0 Å². The van der Waals surface area contributed by atoms with Crippen molar-refractivity contribution in [3.8, 4) is 0 Å². The third-order valence-corrected chi connectivity index (χ3v) is 2.85. The highest BCUT2D eigenvalue weighted by Gasteiger charge is 2.17. The van der Waals surface area contributed by atoms with Gasteiger partial charge in [-0.3, -0.25) is 4.99 Å². The maximum atomic E-state index is 4.41. The van der Waals surface area contributed by atoms with Crippen LogP contribution in [0.1, 0.15) is 46.5 Å². The van der Waals surface area contributed by atoms with Gasteiger partial charge in [0.25, 0.3) is 0 Å². The molecule has 1 atom stereocenters. The summed E-state index contributed by atoms with van der Waals surface area (Å²) in [7, 11) is 6.02. The second kappa shape index (κ2) is 8.43. The molecule has 16 heavy (non-hydrogen) atoms. The van der Waals surface area contributed by atoms with Gasteiger partial charge < -0.3 is 9.80 Å². The van der Waals surface area contributed by atoms with Crippen LogP contribution in [0, 0.1) is 0 Å². The van der Waals surface area contributed by atoms with Crippen molar-refractivity contribution >= 4 is 5.96 Å². The summed E-state index contributed by atoms with van der Waals surface area (Å²) in [6.07, 6.45) is 4.94. The molecular weight excluding hydrogens is 198 g/mol. The Morgan fingerprint density at radius 2 is 1.81 bits per heavy atom. The van der Waals surface area contributed by atoms with Gasteiger partial charge in [0.15, 0.2) is 5.96 Å². The molecule has 0 saturated heterocycles. The molecule has 0 aliphatic heterocycles. The van der Waals surface area contributed by atoms with E-state index < -0.39 is 0 Å². The number of unbranched alkanes of at least 4 members (excludes halogenated alkanes) is 1. The van der Waals surface area contributed by atoms with Gasteiger partial charge in [-0.1, -0.05) is 26.7 Å². The van der Waals surface area contributed by atoms with Gasteiger partial charge in [0.05, 0.1) is 0 Å². The molecule has 1 unspecified atom stereocenters. The van der Waals surface area contributed by atoms with E-state index in [1.54, 1.807) is 0 Å². The highest BCUT2D eigenvalue weighted by atomic mass is 15.4. The Kier molecular flexibility index (Phi) is 8.04. The van der Waals surface area contributed by atoms with Crippen molar-refractivity contribution in [1.82, 2.24) is 9.80 Å². The topological polar surface area (TPSA) is 18.8 Å². The maximum Gasteiger partial charge on any atom is 0.196 e. The van der Waals surface area contributed by atoms with E-state index in [2.05, 4.69) is 49.7 Å². The lowest BCUT2D eigenvalue weighted by Gasteiger charge is -2.35. The first-order chi connectivity index (χ1) is 7.58. The van der Waals surface area contributed by atoms with Gasteiger partial charge in [0, 0.05) is 33.7 Å². The van der Waals surface area contributed by atoms with E-state index in [0.717, 1.165) is 12.5 Å². The van der Waals surface area contributed by atoms with E-state index >= 15 is 0 Å². The van der Waals surface area contributed by atoms with E-state index in [-0.39, 0.29) is 0 Å². The van der Waals surface area contributed by atoms with Crippen LogP contribution in [0.3, 0.4) is 0 Å². The summed E-state index contributed by atoms with van der Waals surface area (Å²) >= 11 is 0. The zero-order valence-corrected chi connectivity index (χ0v) is 12.0. The fourth-order valence-electron chi connectivity index (χ4n) is 2.00. The first-order valence-electron chi connectivity index (χ1n) is 6.49. The van der Waals surface area contributed by atoms with Gasteiger partial charge in [-0.25, -0.2) is 0 Å². The third-order valence-electron chi connectivity index (χ3n) is 2.85. The van der Waals surface area contributed by atoms with Gasteiger partial charge in [-0.2, -0.15) is 0 Å². The molecule has 3 nitrogen and oxygen atoms in total. The molecule has 96 valence electrons. The van der Waals surface area contributed by atoms with Crippen LogP contribution in [0.4, 0.5) is 0 Å². The zero-order chi connectivity index (χ0) is 12.6. The molecule has 0 amide bonds. The molecule has 0 heterocycles. The maximum absolute atomic E-state index is 4.41. The SMILES string of the molecule is CCCCN(C(=NC)N(C)C)C(C)CCC. The summed E-state index contributed by atoms with van der Waals surface area (Å²) < 4.78 is 0. The minimum Gasteiger partial charge on any atom is -0.349 e. The molecule has 0 saturated carbocycles. The molecular formula is C13H29N3. The first-order valence-corrected chi connectivity index (χ1v) is 6.49. The number of hydrogen-bond donors (Lipinski definition) is 0. The van der Waals surface area contributed by atoms with Crippen molar-refractivity contribution < 1.29 is 0 Å². The average molecular weight is 227 g/mol. The third kappa shape index (κ3) is 4.86. The predicted octanol–water partition coefficient (Wildman–Crippen LogP) is 2.82. The molecule has 0 N–H and O–H groups in total. The van der Waals surface area contributed by atoms with Gasteiger partial charge in [-0.05, 0) is 19.8 Å². The minimum atomic E-state index is 0.581. The van der Waals surface area contributed by atoms with Crippen LogP contribution in [0.15, 0.2) is 4.99 Å². The lowest BCUT2D eigenvalue weighted by atomic mass is 10.1. The van der Waals surface area contributed by atoms with Crippen molar-refractivity contribution in [2.24, 2.45) is 4.99 Å². The summed E-state index contributed by atoms with van der Waals surface area (Å²) in [5, 5.41) is 0. The van der Waals surface area contributed by atoms with E-state index in [9.17, 15) is 0 Å². The van der Waals surface area contributed by atoms with Crippen molar-refractivity contribution in [1.29, 1.82) is 0 Å².